The van der Waals surface area contributed by atoms with Gasteiger partial charge in [0.25, 0.3) is 0 Å². The van der Waals surface area contributed by atoms with Crippen LogP contribution in [0.4, 0.5) is 0 Å². The molecule has 3 atom stereocenters. The van der Waals surface area contributed by atoms with Crippen molar-refractivity contribution in [2.24, 2.45) is 16.7 Å². The summed E-state index contributed by atoms with van der Waals surface area (Å²) in [5.74, 6) is 0.348. The standard InChI is InChI=1S/C40H56O2.Pb.2H/c1-29(17-13-19-31(3)21-23-37-33(5)25-35(41)27-39(37,7)8)15-11-12-16-30(2)18-14-20-32(4)22-24-38-34(6)26-36(42)28-40(38,9)10;;;/h11-25,35-37,41-42H,26-28H2,1-10H3;;;/b12-11+,17-13+,18-14+,23-21+,24-22+,29-15+,30-16+,31-19+,32-20+;;;/t35-,36+,37-;;;/m0.../s1. The summed E-state index contributed by atoms with van der Waals surface area (Å²) in [6.45, 7) is 21.6. The van der Waals surface area contributed by atoms with E-state index in [0.29, 0.717) is 5.92 Å². The van der Waals surface area contributed by atoms with Crippen molar-refractivity contribution in [3.63, 3.8) is 0 Å². The molecule has 3 heteroatoms. The number of hydrogen-bond acceptors (Lipinski definition) is 2. The summed E-state index contributed by atoms with van der Waals surface area (Å²) in [4.78, 5) is 0. The molecule has 0 aliphatic heterocycles. The Bertz CT molecular complexity index is 1280. The molecule has 0 amide bonds. The molecule has 2 aliphatic carbocycles. The number of hydrogen-bond donors (Lipinski definition) is 2. The number of aliphatic hydroxyl groups is 2. The molecule has 2 aliphatic rings. The Kier molecular flexibility index (Phi) is 16.4. The zero-order valence-electron chi connectivity index (χ0n) is 28.6. The van der Waals surface area contributed by atoms with Gasteiger partial charge in [0.2, 0.25) is 0 Å². The van der Waals surface area contributed by atoms with Crippen LogP contribution in [0.2, 0.25) is 0 Å². The van der Waals surface area contributed by atoms with E-state index in [1.165, 1.54) is 39.0 Å². The molecule has 0 aromatic carbocycles. The van der Waals surface area contributed by atoms with Gasteiger partial charge in [-0.1, -0.05) is 152 Å². The van der Waals surface area contributed by atoms with Crippen LogP contribution in [0.1, 0.15) is 88.5 Å². The van der Waals surface area contributed by atoms with E-state index >= 15 is 0 Å². The zero-order valence-corrected chi connectivity index (χ0v) is 34.1. The maximum atomic E-state index is 10.1. The van der Waals surface area contributed by atoms with E-state index in [9.17, 15) is 10.2 Å². The van der Waals surface area contributed by atoms with Crippen molar-refractivity contribution < 1.29 is 10.2 Å². The van der Waals surface area contributed by atoms with Gasteiger partial charge in [-0.15, -0.1) is 0 Å². The summed E-state index contributed by atoms with van der Waals surface area (Å²) < 4.78 is 0. The molecule has 43 heavy (non-hydrogen) atoms. The molecule has 0 saturated heterocycles. The predicted molar refractivity (Wildman–Crippen MR) is 193 cm³/mol. The molecule has 0 bridgehead atoms. The molecule has 0 aromatic rings. The van der Waals surface area contributed by atoms with Crippen molar-refractivity contribution in [1.82, 2.24) is 0 Å². The quantitative estimate of drug-likeness (QED) is 0.132. The van der Waals surface area contributed by atoms with Crippen molar-refractivity contribution in [1.29, 1.82) is 0 Å². The normalized spacial score (nSPS) is 26.0. The van der Waals surface area contributed by atoms with Crippen LogP contribution in [-0.4, -0.2) is 49.7 Å². The molecule has 2 radical (unpaired) electrons. The predicted octanol–water partition coefficient (Wildman–Crippen LogP) is 9.49. The van der Waals surface area contributed by atoms with Gasteiger partial charge in [0.05, 0.1) is 12.2 Å². The van der Waals surface area contributed by atoms with Crippen molar-refractivity contribution in [3.05, 3.63) is 130 Å². The van der Waals surface area contributed by atoms with Gasteiger partial charge in [0.1, 0.15) is 0 Å². The second-order valence-corrected chi connectivity index (χ2v) is 13.7. The summed E-state index contributed by atoms with van der Waals surface area (Å²) in [7, 11) is 0. The molecule has 0 spiro atoms. The molecule has 234 valence electrons. The molecule has 0 heterocycles. The van der Waals surface area contributed by atoms with Crippen LogP contribution < -0.4 is 0 Å². The van der Waals surface area contributed by atoms with E-state index in [1.54, 1.807) is 0 Å². The summed E-state index contributed by atoms with van der Waals surface area (Å²) in [6.07, 6.45) is 33.8. The second kappa shape index (κ2) is 18.1. The van der Waals surface area contributed by atoms with Crippen molar-refractivity contribution in [3.8, 4) is 0 Å². The number of rotatable bonds is 10. The number of allylic oxidation sites excluding steroid dienone is 20. The first-order valence-corrected chi connectivity index (χ1v) is 15.4. The average Bonchev–Trinajstić information content (AvgIpc) is 2.84. The molecule has 2 rings (SSSR count). The zero-order chi connectivity index (χ0) is 31.5. The van der Waals surface area contributed by atoms with Gasteiger partial charge in [-0.2, -0.15) is 0 Å². The Balaban J connectivity index is 0.00000924. The van der Waals surface area contributed by atoms with Gasteiger partial charge >= 0.3 is 27.3 Å². The maximum absolute atomic E-state index is 10.1. The third kappa shape index (κ3) is 13.7. The van der Waals surface area contributed by atoms with Crippen LogP contribution in [-0.2, 0) is 0 Å². The van der Waals surface area contributed by atoms with Crippen LogP contribution in [0.3, 0.4) is 0 Å². The van der Waals surface area contributed by atoms with Crippen molar-refractivity contribution in [2.45, 2.75) is 101 Å². The van der Waals surface area contributed by atoms with Gasteiger partial charge in [0.15, 0.2) is 0 Å². The van der Waals surface area contributed by atoms with Gasteiger partial charge in [-0.3, -0.25) is 0 Å². The third-order valence-corrected chi connectivity index (χ3v) is 8.33. The molecule has 0 aromatic heterocycles. The first-order chi connectivity index (χ1) is 19.6. The first kappa shape index (κ1) is 39.0. The fourth-order valence-corrected chi connectivity index (χ4v) is 6.14. The Labute approximate surface area is 283 Å². The fourth-order valence-electron chi connectivity index (χ4n) is 6.14. The number of aliphatic hydroxyl groups excluding tert-OH is 2. The topological polar surface area (TPSA) is 40.5 Å². The average molecular weight is 778 g/mol. The fraction of sp³-hybridized carbons (Fsp3) is 0.450. The molecular formula is C40H58O2Pb. The molecule has 2 N–H and O–H groups in total. The first-order valence-electron chi connectivity index (χ1n) is 15.4. The van der Waals surface area contributed by atoms with E-state index in [4.69, 9.17) is 0 Å². The van der Waals surface area contributed by atoms with Crippen molar-refractivity contribution >= 4 is 27.3 Å². The van der Waals surface area contributed by atoms with Crippen LogP contribution in [0, 0.1) is 16.7 Å². The third-order valence-electron chi connectivity index (χ3n) is 8.33. The summed E-state index contributed by atoms with van der Waals surface area (Å²) in [6, 6.07) is 0. The van der Waals surface area contributed by atoms with Crippen LogP contribution in [0.15, 0.2) is 130 Å². The monoisotopic (exact) mass is 778 g/mol. The minimum atomic E-state index is -0.331. The molecule has 2 nitrogen and oxygen atoms in total. The molecule has 0 fully saturated rings. The Morgan fingerprint density at radius 3 is 1.72 bits per heavy atom. The van der Waals surface area contributed by atoms with E-state index in [-0.39, 0.29) is 50.3 Å². The van der Waals surface area contributed by atoms with E-state index in [2.05, 4.69) is 154 Å². The van der Waals surface area contributed by atoms with Crippen LogP contribution in [0.25, 0.3) is 0 Å². The summed E-state index contributed by atoms with van der Waals surface area (Å²) >= 11 is 0. The van der Waals surface area contributed by atoms with Gasteiger partial charge in [-0.25, -0.2) is 0 Å². The van der Waals surface area contributed by atoms with E-state index < -0.39 is 0 Å². The summed E-state index contributed by atoms with van der Waals surface area (Å²) in [5.41, 5.74) is 8.73. The SMILES string of the molecule is CC1=C[C@H](O)CC(C)(C)[C@H]1/C=C/C(C)=C/C=C/C(C)=C/C=C/C=C(C)/C=C/C=C(C)/C=C/C1=C(C)C[C@@H](O)CC1(C)C.[PbH2]. The van der Waals surface area contributed by atoms with Gasteiger partial charge < -0.3 is 10.2 Å². The molecular weight excluding hydrogens is 720 g/mol. The summed E-state index contributed by atoms with van der Waals surface area (Å²) in [5, 5.41) is 20.2. The van der Waals surface area contributed by atoms with Crippen molar-refractivity contribution in [2.75, 3.05) is 0 Å². The van der Waals surface area contributed by atoms with Crippen LogP contribution >= 0.6 is 0 Å². The molecule has 0 saturated carbocycles. The van der Waals surface area contributed by atoms with Crippen LogP contribution in [0.5, 0.6) is 0 Å². The Hall–Kier alpha value is -2.02. The van der Waals surface area contributed by atoms with Gasteiger partial charge in [0, 0.05) is 5.92 Å². The second-order valence-electron chi connectivity index (χ2n) is 13.7. The molecule has 0 unspecified atom stereocenters. The van der Waals surface area contributed by atoms with Gasteiger partial charge in [-0.05, 0) is 77.2 Å². The Morgan fingerprint density at radius 2 is 1.21 bits per heavy atom. The minimum absolute atomic E-state index is 0. The Morgan fingerprint density at radius 1 is 0.721 bits per heavy atom. The van der Waals surface area contributed by atoms with E-state index in [1.807, 2.05) is 6.08 Å². The van der Waals surface area contributed by atoms with E-state index in [0.717, 1.165) is 19.3 Å².